The number of piperidine rings is 1. The van der Waals surface area contributed by atoms with Crippen molar-refractivity contribution in [3.63, 3.8) is 0 Å². The van der Waals surface area contributed by atoms with E-state index in [1.807, 2.05) is 4.90 Å². The van der Waals surface area contributed by atoms with Crippen LogP contribution in [0.3, 0.4) is 0 Å². The Morgan fingerprint density at radius 3 is 2.00 bits per heavy atom. The summed E-state index contributed by atoms with van der Waals surface area (Å²) in [7, 11) is 0. The van der Waals surface area contributed by atoms with Crippen molar-refractivity contribution in [3.8, 4) is 0 Å². The summed E-state index contributed by atoms with van der Waals surface area (Å²) in [5, 5.41) is 0. The molecule has 20 heavy (non-hydrogen) atoms. The Morgan fingerprint density at radius 2 is 1.55 bits per heavy atom. The van der Waals surface area contributed by atoms with Crippen LogP contribution in [0, 0.1) is 5.92 Å². The molecule has 0 N–H and O–H groups in total. The van der Waals surface area contributed by atoms with E-state index in [1.165, 1.54) is 13.8 Å². The minimum atomic E-state index is -5.58. The molecule has 120 valence electrons. The Morgan fingerprint density at radius 1 is 1.00 bits per heavy atom. The summed E-state index contributed by atoms with van der Waals surface area (Å²) >= 11 is 0. The summed E-state index contributed by atoms with van der Waals surface area (Å²) in [5.74, 6) is -5.73. The lowest BCUT2D eigenvalue weighted by Gasteiger charge is -2.32. The lowest BCUT2D eigenvalue weighted by Crippen LogP contribution is -2.51. The molecule has 2 nitrogen and oxygen atoms in total. The van der Waals surface area contributed by atoms with Gasteiger partial charge in [0.15, 0.2) is 0 Å². The van der Waals surface area contributed by atoms with Crippen LogP contribution in [0.15, 0.2) is 0 Å². The lowest BCUT2D eigenvalue weighted by molar-refractivity contribution is -0.324. The molecule has 0 aromatic rings. The van der Waals surface area contributed by atoms with E-state index in [2.05, 4.69) is 0 Å². The van der Waals surface area contributed by atoms with Gasteiger partial charge in [-0.25, -0.2) is 0 Å². The van der Waals surface area contributed by atoms with Gasteiger partial charge in [0.2, 0.25) is 0 Å². The smallest absolute Gasteiger partial charge is 0.370 e. The van der Waals surface area contributed by atoms with E-state index < -0.39 is 24.1 Å². The van der Waals surface area contributed by atoms with Crippen molar-refractivity contribution in [2.24, 2.45) is 5.92 Å². The van der Waals surface area contributed by atoms with Gasteiger partial charge in [0.1, 0.15) is 6.10 Å². The number of nitrogens with zero attached hydrogens (tertiary/aromatic N) is 1. The van der Waals surface area contributed by atoms with Crippen LogP contribution in [0.4, 0.5) is 22.0 Å². The number of hydrogen-bond acceptors (Lipinski definition) is 2. The molecule has 1 aliphatic heterocycles. The average Bonchev–Trinajstić information content (AvgIpc) is 2.33. The van der Waals surface area contributed by atoms with Gasteiger partial charge in [-0.05, 0) is 31.8 Å². The van der Waals surface area contributed by atoms with Crippen molar-refractivity contribution in [3.05, 3.63) is 0 Å². The number of hydrogen-bond donors (Lipinski definition) is 0. The monoisotopic (exact) mass is 303 g/mol. The van der Waals surface area contributed by atoms with Gasteiger partial charge in [-0.1, -0.05) is 20.3 Å². The molecule has 1 unspecified atom stereocenters. The predicted molar refractivity (Wildman–Crippen MR) is 65.9 cm³/mol. The van der Waals surface area contributed by atoms with Crippen LogP contribution in [-0.2, 0) is 4.74 Å². The zero-order valence-corrected chi connectivity index (χ0v) is 11.8. The van der Waals surface area contributed by atoms with Crippen molar-refractivity contribution >= 4 is 0 Å². The summed E-state index contributed by atoms with van der Waals surface area (Å²) in [6.07, 6.45) is -4.50. The quantitative estimate of drug-likeness (QED) is 0.694. The Labute approximate surface area is 116 Å². The average molecular weight is 303 g/mol. The number of alkyl halides is 5. The van der Waals surface area contributed by atoms with Crippen molar-refractivity contribution in [2.45, 2.75) is 51.3 Å². The highest BCUT2D eigenvalue weighted by Gasteiger charge is 2.63. The van der Waals surface area contributed by atoms with Gasteiger partial charge in [-0.3, -0.25) is 0 Å². The second kappa shape index (κ2) is 7.02. The van der Waals surface area contributed by atoms with Gasteiger partial charge in [0.25, 0.3) is 0 Å². The third kappa shape index (κ3) is 4.55. The minimum Gasteiger partial charge on any atom is -0.370 e. The van der Waals surface area contributed by atoms with Gasteiger partial charge in [0.05, 0.1) is 6.61 Å². The van der Waals surface area contributed by atoms with Crippen molar-refractivity contribution in [1.82, 2.24) is 4.90 Å². The fraction of sp³-hybridized carbons (Fsp3) is 1.00. The number of ether oxygens (including phenoxy) is 1. The van der Waals surface area contributed by atoms with Crippen molar-refractivity contribution < 1.29 is 26.7 Å². The number of rotatable bonds is 6. The summed E-state index contributed by atoms with van der Waals surface area (Å²) < 4.78 is 68.7. The van der Waals surface area contributed by atoms with Crippen LogP contribution >= 0.6 is 0 Å². The molecule has 0 aliphatic carbocycles. The summed E-state index contributed by atoms with van der Waals surface area (Å²) in [4.78, 5) is 2.03. The highest BCUT2D eigenvalue weighted by molar-refractivity contribution is 4.87. The first-order valence-electron chi connectivity index (χ1n) is 6.94. The SMILES string of the molecule is CC(C)C(OCCN1CCCCC1)C(F)(F)C(F)(F)F. The maximum absolute atomic E-state index is 13.3. The molecule has 7 heteroatoms. The van der Waals surface area contributed by atoms with Gasteiger partial charge in [-0.15, -0.1) is 0 Å². The van der Waals surface area contributed by atoms with E-state index >= 15 is 0 Å². The fourth-order valence-electron chi connectivity index (χ4n) is 2.37. The van der Waals surface area contributed by atoms with Crippen LogP contribution in [0.5, 0.6) is 0 Å². The van der Waals surface area contributed by atoms with Crippen LogP contribution in [0.25, 0.3) is 0 Å². The van der Waals surface area contributed by atoms with Crippen LogP contribution in [0.1, 0.15) is 33.1 Å². The molecule has 0 radical (unpaired) electrons. The van der Waals surface area contributed by atoms with E-state index in [1.54, 1.807) is 0 Å². The Hall–Kier alpha value is -0.430. The van der Waals surface area contributed by atoms with Crippen molar-refractivity contribution in [1.29, 1.82) is 0 Å². The maximum Gasteiger partial charge on any atom is 0.456 e. The molecule has 0 saturated carbocycles. The Bertz CT molecular complexity index is 287. The third-order valence-electron chi connectivity index (χ3n) is 3.49. The first-order chi connectivity index (χ1) is 9.16. The highest BCUT2D eigenvalue weighted by atomic mass is 19.4. The molecule has 1 fully saturated rings. The summed E-state index contributed by atoms with van der Waals surface area (Å²) in [6.45, 7) is 4.62. The molecule has 1 heterocycles. The molecule has 1 rings (SSSR count). The first-order valence-corrected chi connectivity index (χ1v) is 6.94. The second-order valence-corrected chi connectivity index (χ2v) is 5.56. The standard InChI is InChI=1S/C13H22F5NO/c1-10(2)11(12(14,15)13(16,17)18)20-9-8-19-6-4-3-5-7-19/h10-11H,3-9H2,1-2H3. The highest BCUT2D eigenvalue weighted by Crippen LogP contribution is 2.41. The molecule has 1 aliphatic rings. The van der Waals surface area contributed by atoms with Crippen LogP contribution in [0.2, 0.25) is 0 Å². The largest absolute Gasteiger partial charge is 0.456 e. The van der Waals surface area contributed by atoms with Crippen LogP contribution in [-0.4, -0.2) is 49.3 Å². The van der Waals surface area contributed by atoms with Crippen LogP contribution < -0.4 is 0 Å². The van der Waals surface area contributed by atoms with E-state index in [-0.39, 0.29) is 6.61 Å². The molecular formula is C13H22F5NO. The number of halogens is 5. The molecule has 0 spiro atoms. The second-order valence-electron chi connectivity index (χ2n) is 5.56. The van der Waals surface area contributed by atoms with Crippen molar-refractivity contribution in [2.75, 3.05) is 26.2 Å². The fourth-order valence-corrected chi connectivity index (χ4v) is 2.37. The molecule has 1 atom stereocenters. The van der Waals surface area contributed by atoms with Gasteiger partial charge < -0.3 is 9.64 Å². The molecule has 0 bridgehead atoms. The van der Waals surface area contributed by atoms with E-state index in [0.29, 0.717) is 6.54 Å². The van der Waals surface area contributed by atoms with Gasteiger partial charge in [-0.2, -0.15) is 22.0 Å². The number of likely N-dealkylation sites (tertiary alicyclic amines) is 1. The van der Waals surface area contributed by atoms with E-state index in [0.717, 1.165) is 32.4 Å². The first kappa shape index (κ1) is 17.6. The molecular weight excluding hydrogens is 281 g/mol. The normalized spacial score (nSPS) is 20.4. The topological polar surface area (TPSA) is 12.5 Å². The molecule has 0 amide bonds. The maximum atomic E-state index is 13.3. The molecule has 0 aromatic heterocycles. The van der Waals surface area contributed by atoms with Gasteiger partial charge in [0, 0.05) is 6.54 Å². The Kier molecular flexibility index (Phi) is 6.19. The van der Waals surface area contributed by atoms with E-state index in [4.69, 9.17) is 4.74 Å². The summed E-state index contributed by atoms with van der Waals surface area (Å²) in [5.41, 5.74) is 0. The third-order valence-corrected chi connectivity index (χ3v) is 3.49. The minimum absolute atomic E-state index is 0.103. The van der Waals surface area contributed by atoms with E-state index in [9.17, 15) is 22.0 Å². The zero-order chi connectivity index (χ0) is 15.4. The summed E-state index contributed by atoms with van der Waals surface area (Å²) in [6, 6.07) is 0. The predicted octanol–water partition coefficient (Wildman–Crippen LogP) is 3.71. The zero-order valence-electron chi connectivity index (χ0n) is 11.8. The Balaban J connectivity index is 2.51. The molecule has 0 aromatic carbocycles. The molecule has 1 saturated heterocycles. The van der Waals surface area contributed by atoms with Gasteiger partial charge >= 0.3 is 12.1 Å². The lowest BCUT2D eigenvalue weighted by atomic mass is 10.0.